The number of para-hydroxylation sites is 1. The van der Waals surface area contributed by atoms with E-state index in [-0.39, 0.29) is 30.5 Å². The SMILES string of the molecule is O=C(NCCS(=O)(=O)N1CCc2ccccc2C1)[C@H]1CC(=O)N(c2ccccc2)C1. The van der Waals surface area contributed by atoms with Gasteiger partial charge in [0.05, 0.1) is 11.7 Å². The molecule has 0 aliphatic carbocycles. The molecule has 1 N–H and O–H groups in total. The third kappa shape index (κ3) is 4.39. The van der Waals surface area contributed by atoms with Gasteiger partial charge in [-0.25, -0.2) is 8.42 Å². The van der Waals surface area contributed by atoms with Crippen molar-refractivity contribution in [1.29, 1.82) is 0 Å². The molecule has 0 bridgehead atoms. The number of carbonyl (C=O) groups excluding carboxylic acids is 2. The molecule has 1 saturated heterocycles. The Morgan fingerprint density at radius 1 is 1.03 bits per heavy atom. The molecule has 4 rings (SSSR count). The summed E-state index contributed by atoms with van der Waals surface area (Å²) in [6, 6.07) is 17.1. The molecule has 2 aromatic rings. The molecule has 0 spiro atoms. The van der Waals surface area contributed by atoms with Gasteiger partial charge in [0, 0.05) is 38.3 Å². The maximum absolute atomic E-state index is 12.7. The minimum Gasteiger partial charge on any atom is -0.355 e. The number of fused-ring (bicyclic) bond motifs is 1. The second-order valence-electron chi connectivity index (χ2n) is 7.70. The molecule has 30 heavy (non-hydrogen) atoms. The first-order chi connectivity index (χ1) is 14.4. The van der Waals surface area contributed by atoms with E-state index in [0.29, 0.717) is 26.1 Å². The van der Waals surface area contributed by atoms with Gasteiger partial charge in [-0.2, -0.15) is 4.31 Å². The third-order valence-electron chi connectivity index (χ3n) is 5.71. The molecular weight excluding hydrogens is 402 g/mol. The van der Waals surface area contributed by atoms with Gasteiger partial charge in [-0.05, 0) is 29.7 Å². The lowest BCUT2D eigenvalue weighted by Gasteiger charge is -2.28. The van der Waals surface area contributed by atoms with Crippen molar-refractivity contribution in [2.24, 2.45) is 5.92 Å². The fourth-order valence-electron chi connectivity index (χ4n) is 4.02. The van der Waals surface area contributed by atoms with E-state index >= 15 is 0 Å². The Labute approximate surface area is 176 Å². The maximum Gasteiger partial charge on any atom is 0.227 e. The number of nitrogens with zero attached hydrogens (tertiary/aromatic N) is 2. The fourth-order valence-corrected chi connectivity index (χ4v) is 5.35. The smallest absolute Gasteiger partial charge is 0.227 e. The van der Waals surface area contributed by atoms with E-state index in [9.17, 15) is 18.0 Å². The monoisotopic (exact) mass is 427 g/mol. The van der Waals surface area contributed by atoms with Crippen LogP contribution in [0.4, 0.5) is 5.69 Å². The van der Waals surface area contributed by atoms with Crippen LogP contribution >= 0.6 is 0 Å². The quantitative estimate of drug-likeness (QED) is 0.758. The summed E-state index contributed by atoms with van der Waals surface area (Å²) in [7, 11) is -3.47. The fraction of sp³-hybridized carbons (Fsp3) is 0.364. The van der Waals surface area contributed by atoms with Crippen molar-refractivity contribution in [1.82, 2.24) is 9.62 Å². The van der Waals surface area contributed by atoms with Gasteiger partial charge in [-0.3, -0.25) is 9.59 Å². The Morgan fingerprint density at radius 3 is 2.50 bits per heavy atom. The number of nitrogens with one attached hydrogen (secondary N) is 1. The standard InChI is InChI=1S/C22H25N3O4S/c26-21-14-19(16-25(21)20-8-2-1-3-9-20)22(27)23-11-13-30(28,29)24-12-10-17-6-4-5-7-18(17)15-24/h1-9,19H,10-16H2,(H,23,27)/t19-/m0/s1. The van der Waals surface area contributed by atoms with Crippen LogP contribution in [-0.2, 0) is 32.6 Å². The second-order valence-corrected chi connectivity index (χ2v) is 9.79. The molecule has 0 saturated carbocycles. The Morgan fingerprint density at radius 2 is 1.73 bits per heavy atom. The molecule has 2 aromatic carbocycles. The first-order valence-corrected chi connectivity index (χ1v) is 11.7. The number of hydrogen-bond acceptors (Lipinski definition) is 4. The average Bonchev–Trinajstić information content (AvgIpc) is 3.15. The zero-order chi connectivity index (χ0) is 21.1. The van der Waals surface area contributed by atoms with Crippen molar-refractivity contribution in [3.8, 4) is 0 Å². The molecule has 0 aromatic heterocycles. The number of amides is 2. The van der Waals surface area contributed by atoms with Gasteiger partial charge in [-0.1, -0.05) is 42.5 Å². The van der Waals surface area contributed by atoms with Crippen LogP contribution in [0.25, 0.3) is 0 Å². The number of anilines is 1. The average molecular weight is 428 g/mol. The topological polar surface area (TPSA) is 86.8 Å². The number of rotatable bonds is 6. The normalized spacial score (nSPS) is 19.5. The molecule has 2 heterocycles. The third-order valence-corrected chi connectivity index (χ3v) is 7.53. The van der Waals surface area contributed by atoms with Crippen LogP contribution in [0.5, 0.6) is 0 Å². The van der Waals surface area contributed by atoms with Crippen molar-refractivity contribution < 1.29 is 18.0 Å². The number of benzene rings is 2. The molecule has 1 atom stereocenters. The number of carbonyl (C=O) groups is 2. The summed E-state index contributed by atoms with van der Waals surface area (Å²) in [5, 5.41) is 2.71. The molecule has 2 aliphatic rings. The lowest BCUT2D eigenvalue weighted by Crippen LogP contribution is -2.41. The van der Waals surface area contributed by atoms with Gasteiger partial charge in [0.2, 0.25) is 21.8 Å². The molecule has 0 unspecified atom stereocenters. The van der Waals surface area contributed by atoms with Gasteiger partial charge in [0.15, 0.2) is 0 Å². The highest BCUT2D eigenvalue weighted by Gasteiger charge is 2.35. The first-order valence-electron chi connectivity index (χ1n) is 10.1. The van der Waals surface area contributed by atoms with Gasteiger partial charge < -0.3 is 10.2 Å². The molecule has 2 aliphatic heterocycles. The number of hydrogen-bond donors (Lipinski definition) is 1. The van der Waals surface area contributed by atoms with Crippen LogP contribution in [0, 0.1) is 5.92 Å². The van der Waals surface area contributed by atoms with Crippen LogP contribution in [0.15, 0.2) is 54.6 Å². The van der Waals surface area contributed by atoms with Crippen LogP contribution in [-0.4, -0.2) is 49.9 Å². The van der Waals surface area contributed by atoms with Crippen LogP contribution < -0.4 is 10.2 Å². The minimum atomic E-state index is -3.47. The summed E-state index contributed by atoms with van der Waals surface area (Å²) >= 11 is 0. The van der Waals surface area contributed by atoms with E-state index in [1.165, 1.54) is 9.87 Å². The summed E-state index contributed by atoms with van der Waals surface area (Å²) in [4.78, 5) is 26.4. The van der Waals surface area contributed by atoms with Gasteiger partial charge >= 0.3 is 0 Å². The van der Waals surface area contributed by atoms with Gasteiger partial charge in [-0.15, -0.1) is 0 Å². The van der Waals surface area contributed by atoms with E-state index in [2.05, 4.69) is 5.32 Å². The molecule has 7 nitrogen and oxygen atoms in total. The van der Waals surface area contributed by atoms with Crippen molar-refractivity contribution in [2.45, 2.75) is 19.4 Å². The summed E-state index contributed by atoms with van der Waals surface area (Å²) in [5.74, 6) is -0.992. The Kier molecular flexibility index (Phi) is 5.87. The van der Waals surface area contributed by atoms with Crippen molar-refractivity contribution in [3.63, 3.8) is 0 Å². The molecule has 0 radical (unpaired) electrons. The minimum absolute atomic E-state index is 0.0370. The Bertz CT molecular complexity index is 1040. The van der Waals surface area contributed by atoms with Crippen molar-refractivity contribution in [3.05, 3.63) is 65.7 Å². The highest BCUT2D eigenvalue weighted by molar-refractivity contribution is 7.89. The van der Waals surface area contributed by atoms with Gasteiger partial charge in [0.25, 0.3) is 0 Å². The zero-order valence-corrected chi connectivity index (χ0v) is 17.5. The Hall–Kier alpha value is -2.71. The highest BCUT2D eigenvalue weighted by Crippen LogP contribution is 2.25. The predicted molar refractivity (Wildman–Crippen MR) is 114 cm³/mol. The van der Waals surface area contributed by atoms with E-state index < -0.39 is 15.9 Å². The largest absolute Gasteiger partial charge is 0.355 e. The zero-order valence-electron chi connectivity index (χ0n) is 16.7. The maximum atomic E-state index is 12.7. The van der Waals surface area contributed by atoms with Crippen LogP contribution in [0.3, 0.4) is 0 Å². The number of sulfonamides is 1. The summed E-state index contributed by atoms with van der Waals surface area (Å²) in [6.45, 7) is 1.17. The van der Waals surface area contributed by atoms with E-state index in [4.69, 9.17) is 0 Å². The van der Waals surface area contributed by atoms with Crippen LogP contribution in [0.1, 0.15) is 17.5 Å². The molecule has 158 valence electrons. The molecule has 1 fully saturated rings. The van der Waals surface area contributed by atoms with Crippen molar-refractivity contribution in [2.75, 3.05) is 30.3 Å². The van der Waals surface area contributed by atoms with E-state index in [0.717, 1.165) is 11.3 Å². The summed E-state index contributed by atoms with van der Waals surface area (Å²) in [6.07, 6.45) is 0.831. The summed E-state index contributed by atoms with van der Waals surface area (Å²) < 4.78 is 26.9. The second kappa shape index (κ2) is 8.57. The van der Waals surface area contributed by atoms with E-state index in [1.807, 2.05) is 54.6 Å². The molecule has 2 amide bonds. The first kappa shape index (κ1) is 20.6. The Balaban J connectivity index is 1.29. The lowest BCUT2D eigenvalue weighted by atomic mass is 10.0. The van der Waals surface area contributed by atoms with Gasteiger partial charge in [0.1, 0.15) is 0 Å². The van der Waals surface area contributed by atoms with Crippen LogP contribution in [0.2, 0.25) is 0 Å². The molecular formula is C22H25N3O4S. The van der Waals surface area contributed by atoms with Crippen molar-refractivity contribution >= 4 is 27.5 Å². The van der Waals surface area contributed by atoms with E-state index in [1.54, 1.807) is 4.90 Å². The molecule has 8 heteroatoms. The lowest BCUT2D eigenvalue weighted by molar-refractivity contribution is -0.126. The predicted octanol–water partition coefficient (Wildman–Crippen LogP) is 1.54. The highest BCUT2D eigenvalue weighted by atomic mass is 32.2. The summed E-state index contributed by atoms with van der Waals surface area (Å²) in [5.41, 5.74) is 2.98.